The van der Waals surface area contributed by atoms with Crippen LogP contribution < -0.4 is 5.32 Å². The van der Waals surface area contributed by atoms with Crippen LogP contribution in [0, 0.1) is 0 Å². The van der Waals surface area contributed by atoms with Crippen LogP contribution in [0.3, 0.4) is 0 Å². The SMILES string of the molecule is CC(C)(C)OC(=O)N1CC2(c3cnccc3Cl)CNCC1C2. The van der Waals surface area contributed by atoms with Crippen LogP contribution >= 0.6 is 11.6 Å². The van der Waals surface area contributed by atoms with Crippen molar-refractivity contribution in [3.63, 3.8) is 0 Å². The van der Waals surface area contributed by atoms with E-state index in [9.17, 15) is 4.79 Å². The first-order chi connectivity index (χ1) is 10.3. The molecule has 0 aliphatic carbocycles. The van der Waals surface area contributed by atoms with Gasteiger partial charge in [0.15, 0.2) is 0 Å². The summed E-state index contributed by atoms with van der Waals surface area (Å²) in [7, 11) is 0. The zero-order chi connectivity index (χ0) is 16.0. The molecule has 22 heavy (non-hydrogen) atoms. The van der Waals surface area contributed by atoms with Crippen LogP contribution in [0.5, 0.6) is 0 Å². The third-order valence-corrected chi connectivity index (χ3v) is 4.68. The predicted molar refractivity (Wildman–Crippen MR) is 85.1 cm³/mol. The number of hydrogen-bond acceptors (Lipinski definition) is 4. The Bertz CT molecular complexity index is 587. The lowest BCUT2D eigenvalue weighted by atomic mass is 9.77. The normalized spacial score (nSPS) is 27.8. The van der Waals surface area contributed by atoms with Crippen LogP contribution in [0.25, 0.3) is 0 Å². The fourth-order valence-corrected chi connectivity index (χ4v) is 3.77. The highest BCUT2D eigenvalue weighted by atomic mass is 35.5. The summed E-state index contributed by atoms with van der Waals surface area (Å²) < 4.78 is 5.55. The smallest absolute Gasteiger partial charge is 0.410 e. The van der Waals surface area contributed by atoms with E-state index < -0.39 is 5.60 Å². The van der Waals surface area contributed by atoms with Gasteiger partial charge in [-0.25, -0.2) is 4.79 Å². The van der Waals surface area contributed by atoms with Crippen LogP contribution in [0.1, 0.15) is 32.8 Å². The van der Waals surface area contributed by atoms with E-state index in [0.717, 1.165) is 25.1 Å². The number of halogens is 1. The summed E-state index contributed by atoms with van der Waals surface area (Å²) in [5.41, 5.74) is 0.353. The molecule has 2 aliphatic heterocycles. The lowest BCUT2D eigenvalue weighted by molar-refractivity contribution is 0.0229. The van der Waals surface area contributed by atoms with Gasteiger partial charge < -0.3 is 15.0 Å². The quantitative estimate of drug-likeness (QED) is 0.863. The standard InChI is InChI=1S/C16H22ClN3O2/c1-15(2,3)22-14(21)20-10-16(6-11(20)7-19-9-16)12-8-18-5-4-13(12)17/h4-5,8,11,19H,6-7,9-10H2,1-3H3. The topological polar surface area (TPSA) is 54.5 Å². The van der Waals surface area contributed by atoms with E-state index in [1.807, 2.05) is 37.9 Å². The molecular formula is C16H22ClN3O2. The Labute approximate surface area is 136 Å². The molecule has 1 aromatic rings. The van der Waals surface area contributed by atoms with E-state index in [1.165, 1.54) is 0 Å². The van der Waals surface area contributed by atoms with Gasteiger partial charge in [0, 0.05) is 48.5 Å². The molecule has 120 valence electrons. The molecule has 2 unspecified atom stereocenters. The number of amides is 1. The summed E-state index contributed by atoms with van der Waals surface area (Å²) in [5, 5.41) is 4.14. The number of hydrogen-bond donors (Lipinski definition) is 1. The number of likely N-dealkylation sites (tertiary alicyclic amines) is 1. The van der Waals surface area contributed by atoms with E-state index in [4.69, 9.17) is 16.3 Å². The number of nitrogens with zero attached hydrogens (tertiary/aromatic N) is 2. The van der Waals surface area contributed by atoms with Crippen molar-refractivity contribution in [3.8, 4) is 0 Å². The maximum absolute atomic E-state index is 12.5. The predicted octanol–water partition coefficient (Wildman–Crippen LogP) is 2.59. The molecule has 1 amide bonds. The summed E-state index contributed by atoms with van der Waals surface area (Å²) in [4.78, 5) is 18.5. The van der Waals surface area contributed by atoms with Gasteiger partial charge in [-0.15, -0.1) is 0 Å². The zero-order valence-corrected chi connectivity index (χ0v) is 14.0. The summed E-state index contributed by atoms with van der Waals surface area (Å²) in [5.74, 6) is 0. The molecule has 6 heteroatoms. The lowest BCUT2D eigenvalue weighted by Gasteiger charge is -2.32. The molecule has 2 fully saturated rings. The first-order valence-electron chi connectivity index (χ1n) is 7.61. The minimum Gasteiger partial charge on any atom is -0.444 e. The number of nitrogens with one attached hydrogen (secondary N) is 1. The number of carbonyl (C=O) groups excluding carboxylic acids is 1. The highest BCUT2D eigenvalue weighted by Gasteiger charge is 2.51. The van der Waals surface area contributed by atoms with E-state index >= 15 is 0 Å². The van der Waals surface area contributed by atoms with E-state index in [2.05, 4.69) is 10.3 Å². The van der Waals surface area contributed by atoms with Crippen molar-refractivity contribution in [1.82, 2.24) is 15.2 Å². The molecule has 2 saturated heterocycles. The molecule has 3 rings (SSSR count). The van der Waals surface area contributed by atoms with Gasteiger partial charge in [-0.3, -0.25) is 4.98 Å². The zero-order valence-electron chi connectivity index (χ0n) is 13.2. The summed E-state index contributed by atoms with van der Waals surface area (Å²) in [6.07, 6.45) is 4.16. The van der Waals surface area contributed by atoms with Gasteiger partial charge in [-0.05, 0) is 38.8 Å². The van der Waals surface area contributed by atoms with Gasteiger partial charge in [-0.1, -0.05) is 11.6 Å². The van der Waals surface area contributed by atoms with Crippen LogP contribution in [-0.4, -0.2) is 47.3 Å². The van der Waals surface area contributed by atoms with Crippen LogP contribution in [0.4, 0.5) is 4.79 Å². The molecular weight excluding hydrogens is 302 g/mol. The van der Waals surface area contributed by atoms with Gasteiger partial charge in [-0.2, -0.15) is 0 Å². The summed E-state index contributed by atoms with van der Waals surface area (Å²) >= 11 is 6.38. The number of aromatic nitrogens is 1. The largest absolute Gasteiger partial charge is 0.444 e. The number of carbonyl (C=O) groups is 1. The monoisotopic (exact) mass is 323 g/mol. The van der Waals surface area contributed by atoms with E-state index in [0.29, 0.717) is 11.6 Å². The van der Waals surface area contributed by atoms with Gasteiger partial charge in [0.25, 0.3) is 0 Å². The van der Waals surface area contributed by atoms with Crippen molar-refractivity contribution in [2.45, 2.75) is 44.2 Å². The molecule has 1 aromatic heterocycles. The molecule has 3 heterocycles. The Morgan fingerprint density at radius 3 is 3.00 bits per heavy atom. The first-order valence-corrected chi connectivity index (χ1v) is 7.99. The third-order valence-electron chi connectivity index (χ3n) is 4.35. The molecule has 2 bridgehead atoms. The highest BCUT2D eigenvalue weighted by Crippen LogP contribution is 2.42. The van der Waals surface area contributed by atoms with Gasteiger partial charge in [0.1, 0.15) is 5.60 Å². The van der Waals surface area contributed by atoms with Gasteiger partial charge in [0.2, 0.25) is 0 Å². The van der Waals surface area contributed by atoms with Crippen molar-refractivity contribution >= 4 is 17.7 Å². The number of ether oxygens (including phenoxy) is 1. The Hall–Kier alpha value is -1.33. The molecule has 0 aromatic carbocycles. The Morgan fingerprint density at radius 2 is 2.32 bits per heavy atom. The van der Waals surface area contributed by atoms with Gasteiger partial charge in [0.05, 0.1) is 0 Å². The Morgan fingerprint density at radius 1 is 1.55 bits per heavy atom. The lowest BCUT2D eigenvalue weighted by Crippen LogP contribution is -2.46. The van der Waals surface area contributed by atoms with E-state index in [1.54, 1.807) is 6.20 Å². The fourth-order valence-electron chi connectivity index (χ4n) is 3.46. The highest BCUT2D eigenvalue weighted by molar-refractivity contribution is 6.31. The molecule has 0 spiro atoms. The van der Waals surface area contributed by atoms with Crippen molar-refractivity contribution in [2.75, 3.05) is 19.6 Å². The van der Waals surface area contributed by atoms with Crippen molar-refractivity contribution in [1.29, 1.82) is 0 Å². The Kier molecular flexibility index (Phi) is 3.81. The second-order valence-corrected chi connectivity index (χ2v) is 7.64. The summed E-state index contributed by atoms with van der Waals surface area (Å²) in [6, 6.07) is 1.95. The molecule has 5 nitrogen and oxygen atoms in total. The van der Waals surface area contributed by atoms with Crippen LogP contribution in [-0.2, 0) is 10.2 Å². The van der Waals surface area contributed by atoms with Crippen LogP contribution in [0.15, 0.2) is 18.5 Å². The first kappa shape index (κ1) is 15.6. The number of pyridine rings is 1. The second kappa shape index (κ2) is 5.39. The fraction of sp³-hybridized carbons (Fsp3) is 0.625. The number of fused-ring (bicyclic) bond motifs is 2. The average Bonchev–Trinajstić information content (AvgIpc) is 2.69. The summed E-state index contributed by atoms with van der Waals surface area (Å²) in [6.45, 7) is 7.87. The third kappa shape index (κ3) is 2.79. The molecule has 0 saturated carbocycles. The molecule has 2 atom stereocenters. The average molecular weight is 324 g/mol. The minimum absolute atomic E-state index is 0.139. The minimum atomic E-state index is -0.486. The Balaban J connectivity index is 1.87. The van der Waals surface area contributed by atoms with Crippen molar-refractivity contribution < 1.29 is 9.53 Å². The van der Waals surface area contributed by atoms with Crippen molar-refractivity contribution in [3.05, 3.63) is 29.0 Å². The molecule has 0 radical (unpaired) electrons. The second-order valence-electron chi connectivity index (χ2n) is 7.23. The number of rotatable bonds is 1. The number of piperidine rings is 1. The van der Waals surface area contributed by atoms with Crippen LogP contribution in [0.2, 0.25) is 5.02 Å². The van der Waals surface area contributed by atoms with Gasteiger partial charge >= 0.3 is 6.09 Å². The maximum atomic E-state index is 12.5. The maximum Gasteiger partial charge on any atom is 0.410 e. The van der Waals surface area contributed by atoms with Crippen molar-refractivity contribution in [2.24, 2.45) is 0 Å². The van der Waals surface area contributed by atoms with E-state index in [-0.39, 0.29) is 17.6 Å². The molecule has 2 aliphatic rings. The molecule has 1 N–H and O–H groups in total.